The molecular weight excluding hydrogens is 292 g/mol. The minimum absolute atomic E-state index is 0.0615. The van der Waals surface area contributed by atoms with Crippen molar-refractivity contribution < 1.29 is 9.59 Å². The largest absolute Gasteiger partial charge is 0.352 e. The first-order valence-corrected chi connectivity index (χ1v) is 7.94. The highest BCUT2D eigenvalue weighted by Crippen LogP contribution is 2.20. The maximum Gasteiger partial charge on any atom is 0.312 e. The van der Waals surface area contributed by atoms with Crippen LogP contribution in [-0.2, 0) is 4.79 Å². The van der Waals surface area contributed by atoms with E-state index in [2.05, 4.69) is 24.5 Å². The Morgan fingerprint density at radius 2 is 1.83 bits per heavy atom. The molecule has 6 heteroatoms. The SMILES string of the molecule is Cc1ccccc1C(CC(=O)NC(CN)CC(C)C)NC(N)=O. The van der Waals surface area contributed by atoms with Crippen molar-refractivity contribution in [3.63, 3.8) is 0 Å². The smallest absolute Gasteiger partial charge is 0.312 e. The number of urea groups is 1. The number of hydrogen-bond acceptors (Lipinski definition) is 3. The van der Waals surface area contributed by atoms with Crippen LogP contribution < -0.4 is 22.1 Å². The van der Waals surface area contributed by atoms with E-state index in [1.165, 1.54) is 0 Å². The Kier molecular flexibility index (Phi) is 7.54. The Labute approximate surface area is 138 Å². The predicted molar refractivity (Wildman–Crippen MR) is 91.7 cm³/mol. The van der Waals surface area contributed by atoms with Crippen LogP contribution >= 0.6 is 0 Å². The molecule has 0 aliphatic rings. The van der Waals surface area contributed by atoms with Crippen molar-refractivity contribution in [2.45, 2.75) is 45.7 Å². The molecule has 1 aromatic rings. The second-order valence-corrected chi connectivity index (χ2v) is 6.25. The van der Waals surface area contributed by atoms with Crippen LogP contribution in [0.3, 0.4) is 0 Å². The third-order valence-corrected chi connectivity index (χ3v) is 3.68. The van der Waals surface area contributed by atoms with Crippen LogP contribution in [0.15, 0.2) is 24.3 Å². The van der Waals surface area contributed by atoms with E-state index in [1.54, 1.807) is 0 Å². The Morgan fingerprint density at radius 1 is 1.17 bits per heavy atom. The molecule has 6 nitrogen and oxygen atoms in total. The van der Waals surface area contributed by atoms with Gasteiger partial charge < -0.3 is 22.1 Å². The summed E-state index contributed by atoms with van der Waals surface area (Å²) in [5.74, 6) is 0.294. The summed E-state index contributed by atoms with van der Waals surface area (Å²) < 4.78 is 0. The van der Waals surface area contributed by atoms with Crippen LogP contribution in [0.4, 0.5) is 4.79 Å². The van der Waals surface area contributed by atoms with E-state index in [4.69, 9.17) is 11.5 Å². The highest BCUT2D eigenvalue weighted by Gasteiger charge is 2.20. The number of amides is 3. The summed E-state index contributed by atoms with van der Waals surface area (Å²) in [5, 5.41) is 5.58. The first-order valence-electron chi connectivity index (χ1n) is 7.94. The van der Waals surface area contributed by atoms with Gasteiger partial charge in [0, 0.05) is 12.6 Å². The molecule has 0 saturated heterocycles. The van der Waals surface area contributed by atoms with E-state index in [9.17, 15) is 9.59 Å². The van der Waals surface area contributed by atoms with Crippen LogP contribution in [0.2, 0.25) is 0 Å². The maximum absolute atomic E-state index is 12.3. The van der Waals surface area contributed by atoms with Gasteiger partial charge in [0.05, 0.1) is 12.5 Å². The fourth-order valence-electron chi connectivity index (χ4n) is 2.64. The van der Waals surface area contributed by atoms with Crippen molar-refractivity contribution in [1.82, 2.24) is 10.6 Å². The average Bonchev–Trinajstić information content (AvgIpc) is 2.45. The average molecular weight is 320 g/mol. The van der Waals surface area contributed by atoms with Crippen LogP contribution in [0.25, 0.3) is 0 Å². The molecule has 0 saturated carbocycles. The van der Waals surface area contributed by atoms with Gasteiger partial charge >= 0.3 is 6.03 Å². The van der Waals surface area contributed by atoms with Gasteiger partial charge in [-0.3, -0.25) is 4.79 Å². The lowest BCUT2D eigenvalue weighted by Gasteiger charge is -2.23. The van der Waals surface area contributed by atoms with Gasteiger partial charge in [-0.25, -0.2) is 4.79 Å². The van der Waals surface area contributed by atoms with E-state index in [0.29, 0.717) is 12.5 Å². The molecule has 23 heavy (non-hydrogen) atoms. The Hall–Kier alpha value is -2.08. The fourth-order valence-corrected chi connectivity index (χ4v) is 2.64. The van der Waals surface area contributed by atoms with Gasteiger partial charge in [-0.05, 0) is 30.4 Å². The lowest BCUT2D eigenvalue weighted by Crippen LogP contribution is -2.43. The molecule has 2 atom stereocenters. The lowest BCUT2D eigenvalue weighted by molar-refractivity contribution is -0.122. The number of carbonyl (C=O) groups excluding carboxylic acids is 2. The minimum atomic E-state index is -0.649. The summed E-state index contributed by atoms with van der Waals surface area (Å²) in [6.07, 6.45) is 0.947. The molecule has 0 heterocycles. The zero-order valence-corrected chi connectivity index (χ0v) is 14.1. The van der Waals surface area contributed by atoms with Gasteiger partial charge in [0.25, 0.3) is 0 Å². The molecule has 0 fully saturated rings. The highest BCUT2D eigenvalue weighted by atomic mass is 16.2. The number of primary amides is 1. The molecule has 128 valence electrons. The normalized spacial score (nSPS) is 13.4. The van der Waals surface area contributed by atoms with E-state index in [0.717, 1.165) is 17.5 Å². The summed E-state index contributed by atoms with van der Waals surface area (Å²) in [4.78, 5) is 23.6. The van der Waals surface area contributed by atoms with Gasteiger partial charge in [0.15, 0.2) is 0 Å². The zero-order chi connectivity index (χ0) is 17.4. The van der Waals surface area contributed by atoms with Gasteiger partial charge in [-0.2, -0.15) is 0 Å². The van der Waals surface area contributed by atoms with Crippen molar-refractivity contribution in [3.05, 3.63) is 35.4 Å². The van der Waals surface area contributed by atoms with E-state index < -0.39 is 12.1 Å². The summed E-state index contributed by atoms with van der Waals surface area (Å²) in [5.41, 5.74) is 12.8. The molecule has 2 unspecified atom stereocenters. The van der Waals surface area contributed by atoms with Crippen LogP contribution in [0.5, 0.6) is 0 Å². The number of rotatable bonds is 8. The summed E-state index contributed by atoms with van der Waals surface area (Å²) in [6.45, 7) is 6.49. The maximum atomic E-state index is 12.3. The van der Waals surface area contributed by atoms with Crippen LogP contribution in [0.1, 0.15) is 43.9 Å². The quantitative estimate of drug-likeness (QED) is 0.583. The number of nitrogens with one attached hydrogen (secondary N) is 2. The first kappa shape index (κ1) is 19.0. The van der Waals surface area contributed by atoms with Crippen LogP contribution in [0, 0.1) is 12.8 Å². The topological polar surface area (TPSA) is 110 Å². The van der Waals surface area contributed by atoms with Gasteiger partial charge in [0.2, 0.25) is 5.91 Å². The monoisotopic (exact) mass is 320 g/mol. The Bertz CT molecular complexity index is 531. The van der Waals surface area contributed by atoms with Gasteiger partial charge in [-0.1, -0.05) is 38.1 Å². The molecule has 6 N–H and O–H groups in total. The molecule has 0 radical (unpaired) electrons. The Balaban J connectivity index is 2.79. The van der Waals surface area contributed by atoms with Crippen molar-refractivity contribution in [2.75, 3.05) is 6.54 Å². The fraction of sp³-hybridized carbons (Fsp3) is 0.529. The number of aryl methyl sites for hydroxylation is 1. The molecule has 0 aromatic heterocycles. The zero-order valence-electron chi connectivity index (χ0n) is 14.1. The molecule has 3 amide bonds. The van der Waals surface area contributed by atoms with Crippen molar-refractivity contribution in [1.29, 1.82) is 0 Å². The standard InChI is InChI=1S/C17H28N4O2/c1-11(2)8-13(10-18)20-16(22)9-15(21-17(19)23)14-7-5-4-6-12(14)3/h4-7,11,13,15H,8-10,18H2,1-3H3,(H,20,22)(H3,19,21,23). The lowest BCUT2D eigenvalue weighted by atomic mass is 9.98. The number of nitrogens with two attached hydrogens (primary N) is 2. The molecule has 0 spiro atoms. The van der Waals surface area contributed by atoms with Gasteiger partial charge in [-0.15, -0.1) is 0 Å². The van der Waals surface area contributed by atoms with E-state index in [1.807, 2.05) is 31.2 Å². The molecule has 1 rings (SSSR count). The Morgan fingerprint density at radius 3 is 2.35 bits per heavy atom. The van der Waals surface area contributed by atoms with Crippen molar-refractivity contribution >= 4 is 11.9 Å². The summed E-state index contributed by atoms with van der Waals surface area (Å²) >= 11 is 0. The van der Waals surface area contributed by atoms with Crippen molar-refractivity contribution in [2.24, 2.45) is 17.4 Å². The first-order chi connectivity index (χ1) is 10.8. The predicted octanol–water partition coefficient (Wildman–Crippen LogP) is 1.58. The summed E-state index contributed by atoms with van der Waals surface area (Å²) in [6, 6.07) is 6.44. The molecule has 0 aliphatic heterocycles. The molecule has 0 aliphatic carbocycles. The minimum Gasteiger partial charge on any atom is -0.352 e. The highest BCUT2D eigenvalue weighted by molar-refractivity contribution is 5.79. The number of hydrogen-bond donors (Lipinski definition) is 4. The third-order valence-electron chi connectivity index (χ3n) is 3.68. The van der Waals surface area contributed by atoms with Crippen molar-refractivity contribution in [3.8, 4) is 0 Å². The van der Waals surface area contributed by atoms with Crippen LogP contribution in [-0.4, -0.2) is 24.5 Å². The number of carbonyl (C=O) groups is 2. The molecular formula is C17H28N4O2. The molecule has 1 aromatic carbocycles. The summed E-state index contributed by atoms with van der Waals surface area (Å²) in [7, 11) is 0. The van der Waals surface area contributed by atoms with E-state index >= 15 is 0 Å². The second kappa shape index (κ2) is 9.15. The molecule has 0 bridgehead atoms. The van der Waals surface area contributed by atoms with E-state index in [-0.39, 0.29) is 18.4 Å². The third kappa shape index (κ3) is 6.69. The van der Waals surface area contributed by atoms with Gasteiger partial charge in [0.1, 0.15) is 0 Å². The second-order valence-electron chi connectivity index (χ2n) is 6.25. The number of benzene rings is 1.